The monoisotopic (exact) mass is 511 g/mol. The van der Waals surface area contributed by atoms with Crippen molar-refractivity contribution in [2.24, 2.45) is 20.5 Å². The Morgan fingerprint density at radius 2 is 1.64 bits per heavy atom. The number of amides is 1. The molecule has 0 radical (unpaired) electrons. The van der Waals surface area contributed by atoms with Gasteiger partial charge < -0.3 is 34.8 Å². The second kappa shape index (κ2) is 14.0. The molecule has 1 aliphatic carbocycles. The summed E-state index contributed by atoms with van der Waals surface area (Å²) in [6.45, 7) is 1.60. The third-order valence-electron chi connectivity index (χ3n) is 5.55. The van der Waals surface area contributed by atoms with E-state index in [0.29, 0.717) is 6.42 Å². The standard InChI is InChI=1S/C16H25N13O7/c1-2-3-21-16(33)36-14-10(30)6(23-27-18)4-7(24-28-19)13(14)35-15-9(25-29-20)12(32)11(31)8(34-15)5-22-26-17/h6-15,30-32H,2-5H2,1H3,(H,21,33)/t6-,7+,8-,9-,10+,11-,12-,13-,14-,15-/m1/s1. The molecule has 36 heavy (non-hydrogen) atoms. The van der Waals surface area contributed by atoms with E-state index in [-0.39, 0.29) is 13.0 Å². The third kappa shape index (κ3) is 6.93. The van der Waals surface area contributed by atoms with Gasteiger partial charge in [-0.2, -0.15) is 0 Å². The summed E-state index contributed by atoms with van der Waals surface area (Å²) in [4.78, 5) is 22.8. The van der Waals surface area contributed by atoms with Gasteiger partial charge in [0.05, 0.1) is 30.8 Å². The van der Waals surface area contributed by atoms with E-state index in [2.05, 4.69) is 45.4 Å². The maximum Gasteiger partial charge on any atom is 0.407 e. The van der Waals surface area contributed by atoms with Gasteiger partial charge >= 0.3 is 6.09 Å². The molecule has 0 aromatic carbocycles. The molecule has 0 aromatic heterocycles. The molecule has 2 aliphatic rings. The largest absolute Gasteiger partial charge is 0.441 e. The highest BCUT2D eigenvalue weighted by atomic mass is 16.7. The molecule has 20 nitrogen and oxygen atoms in total. The molecule has 0 spiro atoms. The topological polar surface area (TPSA) is 313 Å². The predicted molar refractivity (Wildman–Crippen MR) is 118 cm³/mol. The number of carbonyl (C=O) groups excluding carboxylic acids is 1. The lowest BCUT2D eigenvalue weighted by Crippen LogP contribution is -2.63. The van der Waals surface area contributed by atoms with Gasteiger partial charge in [-0.3, -0.25) is 0 Å². The van der Waals surface area contributed by atoms with Gasteiger partial charge in [0.15, 0.2) is 12.4 Å². The number of hydrogen-bond donors (Lipinski definition) is 4. The Kier molecular flexibility index (Phi) is 11.1. The summed E-state index contributed by atoms with van der Waals surface area (Å²) >= 11 is 0. The number of carbonyl (C=O) groups is 1. The summed E-state index contributed by atoms with van der Waals surface area (Å²) in [5.41, 5.74) is 35.4. The zero-order valence-corrected chi connectivity index (χ0v) is 18.9. The lowest BCUT2D eigenvalue weighted by atomic mass is 9.84. The number of ether oxygens (including phenoxy) is 3. The van der Waals surface area contributed by atoms with Crippen LogP contribution in [0.3, 0.4) is 0 Å². The van der Waals surface area contributed by atoms with E-state index in [1.54, 1.807) is 6.92 Å². The minimum atomic E-state index is -1.73. The van der Waals surface area contributed by atoms with Crippen molar-refractivity contribution in [2.45, 2.75) is 80.8 Å². The number of alkyl carbamates (subject to hydrolysis) is 1. The fraction of sp³-hybridized carbons (Fsp3) is 0.938. The molecule has 1 amide bonds. The Morgan fingerprint density at radius 3 is 2.25 bits per heavy atom. The highest BCUT2D eigenvalue weighted by Crippen LogP contribution is 2.34. The minimum absolute atomic E-state index is 0.220. The van der Waals surface area contributed by atoms with Crippen molar-refractivity contribution in [3.63, 3.8) is 0 Å². The molecule has 0 bridgehead atoms. The normalized spacial score (nSPS) is 35.6. The lowest BCUT2D eigenvalue weighted by Gasteiger charge is -2.46. The molecular formula is C16H25N13O7. The molecule has 2 fully saturated rings. The van der Waals surface area contributed by atoms with Crippen LogP contribution in [0.2, 0.25) is 0 Å². The Morgan fingerprint density at radius 1 is 0.972 bits per heavy atom. The first-order valence-electron chi connectivity index (χ1n) is 10.8. The zero-order valence-electron chi connectivity index (χ0n) is 18.9. The molecule has 2 rings (SSSR count). The van der Waals surface area contributed by atoms with Crippen molar-refractivity contribution < 1.29 is 34.3 Å². The van der Waals surface area contributed by atoms with Crippen LogP contribution in [0.4, 0.5) is 4.79 Å². The van der Waals surface area contributed by atoms with Crippen molar-refractivity contribution in [2.75, 3.05) is 13.1 Å². The van der Waals surface area contributed by atoms with E-state index in [1.165, 1.54) is 0 Å². The molecule has 1 saturated heterocycles. The van der Waals surface area contributed by atoms with Crippen molar-refractivity contribution in [3.05, 3.63) is 41.8 Å². The maximum atomic E-state index is 12.3. The average Bonchev–Trinajstić information content (AvgIpc) is 2.86. The smallest absolute Gasteiger partial charge is 0.407 e. The van der Waals surface area contributed by atoms with Crippen LogP contribution in [0.25, 0.3) is 41.8 Å². The van der Waals surface area contributed by atoms with Gasteiger partial charge in [-0.15, -0.1) is 0 Å². The SMILES string of the molecule is CCCNC(=O)O[C@@H]1[C@@H](O)[C@H](N=[N+]=[N-])C[C@H](N=[N+]=[N-])[C@H]1O[C@H]1O[C@H](CN=[N+]=[N-])[C@@H](O)[C@H](O)[C@H]1N=[N+]=[N-]. The van der Waals surface area contributed by atoms with E-state index in [4.69, 9.17) is 36.3 Å². The summed E-state index contributed by atoms with van der Waals surface area (Å²) < 4.78 is 16.7. The quantitative estimate of drug-likeness (QED) is 0.189. The van der Waals surface area contributed by atoms with Crippen LogP contribution in [-0.2, 0) is 14.2 Å². The molecule has 1 heterocycles. The van der Waals surface area contributed by atoms with Crippen LogP contribution >= 0.6 is 0 Å². The number of nitrogens with one attached hydrogen (secondary N) is 1. The van der Waals surface area contributed by atoms with E-state index >= 15 is 0 Å². The maximum absolute atomic E-state index is 12.3. The van der Waals surface area contributed by atoms with Gasteiger partial charge in [0.2, 0.25) is 0 Å². The van der Waals surface area contributed by atoms with Gasteiger partial charge in [0, 0.05) is 26.2 Å². The van der Waals surface area contributed by atoms with Crippen LogP contribution in [0.1, 0.15) is 19.8 Å². The number of aliphatic hydroxyl groups excluding tert-OH is 3. The van der Waals surface area contributed by atoms with Crippen LogP contribution < -0.4 is 5.32 Å². The predicted octanol–water partition coefficient (Wildman–Crippen LogP) is 1.43. The Hall–Kier alpha value is -3.69. The lowest BCUT2D eigenvalue weighted by molar-refractivity contribution is -0.287. The van der Waals surface area contributed by atoms with E-state index in [0.717, 1.165) is 0 Å². The molecule has 20 heteroatoms. The van der Waals surface area contributed by atoms with Crippen molar-refractivity contribution >= 4 is 6.09 Å². The van der Waals surface area contributed by atoms with E-state index in [1.807, 2.05) is 0 Å². The Balaban J connectivity index is 2.45. The second-order valence-electron chi connectivity index (χ2n) is 7.80. The van der Waals surface area contributed by atoms with Crippen molar-refractivity contribution in [3.8, 4) is 0 Å². The van der Waals surface area contributed by atoms with Crippen molar-refractivity contribution in [1.29, 1.82) is 0 Å². The van der Waals surface area contributed by atoms with Crippen LogP contribution in [-0.4, -0.2) is 95.5 Å². The molecule has 4 N–H and O–H groups in total. The Labute approximate surface area is 202 Å². The van der Waals surface area contributed by atoms with Gasteiger partial charge in [0.25, 0.3) is 0 Å². The molecule has 0 unspecified atom stereocenters. The first-order chi connectivity index (χ1) is 17.3. The third-order valence-corrected chi connectivity index (χ3v) is 5.55. The zero-order chi connectivity index (χ0) is 26.7. The van der Waals surface area contributed by atoms with Gasteiger partial charge in [-0.25, -0.2) is 4.79 Å². The average molecular weight is 511 g/mol. The number of hydrogen-bond acceptors (Lipinski definition) is 11. The van der Waals surface area contributed by atoms with E-state index in [9.17, 15) is 20.1 Å². The van der Waals surface area contributed by atoms with Crippen LogP contribution in [0, 0.1) is 0 Å². The molecular weight excluding hydrogens is 486 g/mol. The van der Waals surface area contributed by atoms with Crippen molar-refractivity contribution in [1.82, 2.24) is 5.32 Å². The van der Waals surface area contributed by atoms with Gasteiger partial charge in [-0.05, 0) is 35.0 Å². The van der Waals surface area contributed by atoms with E-state index < -0.39 is 73.7 Å². The van der Waals surface area contributed by atoms with Gasteiger partial charge in [0.1, 0.15) is 24.4 Å². The highest BCUT2D eigenvalue weighted by molar-refractivity contribution is 5.67. The summed E-state index contributed by atoms with van der Waals surface area (Å²) in [5, 5.41) is 47.8. The first kappa shape index (κ1) is 28.5. The number of azide groups is 4. The summed E-state index contributed by atoms with van der Waals surface area (Å²) in [6, 6.07) is -3.90. The number of rotatable bonds is 10. The molecule has 196 valence electrons. The molecule has 0 aromatic rings. The number of aliphatic hydroxyl groups is 3. The fourth-order valence-corrected chi connectivity index (χ4v) is 3.85. The summed E-state index contributed by atoms with van der Waals surface area (Å²) in [6.07, 6.45) is -11.5. The van der Waals surface area contributed by atoms with Gasteiger partial charge in [-0.1, -0.05) is 27.4 Å². The Bertz CT molecular complexity index is 958. The minimum Gasteiger partial charge on any atom is -0.441 e. The number of nitrogens with zero attached hydrogens (tertiary/aromatic N) is 12. The fourth-order valence-electron chi connectivity index (χ4n) is 3.85. The molecule has 1 saturated carbocycles. The summed E-state index contributed by atoms with van der Waals surface area (Å²) in [5.74, 6) is 0. The first-order valence-corrected chi connectivity index (χ1v) is 10.8. The highest BCUT2D eigenvalue weighted by Gasteiger charge is 2.51. The van der Waals surface area contributed by atoms with Crippen LogP contribution in [0.5, 0.6) is 0 Å². The second-order valence-corrected chi connectivity index (χ2v) is 7.80. The molecule has 10 atom stereocenters. The summed E-state index contributed by atoms with van der Waals surface area (Å²) in [7, 11) is 0. The van der Waals surface area contributed by atoms with Crippen LogP contribution in [0.15, 0.2) is 20.5 Å². The molecule has 1 aliphatic heterocycles.